The van der Waals surface area contributed by atoms with Gasteiger partial charge in [-0.3, -0.25) is 5.32 Å². The van der Waals surface area contributed by atoms with Gasteiger partial charge in [-0.25, -0.2) is 4.79 Å². The lowest BCUT2D eigenvalue weighted by atomic mass is 9.87. The van der Waals surface area contributed by atoms with E-state index in [1.807, 2.05) is 6.92 Å². The van der Waals surface area contributed by atoms with Crippen molar-refractivity contribution in [1.29, 1.82) is 0 Å². The summed E-state index contributed by atoms with van der Waals surface area (Å²) < 4.78 is 0. The van der Waals surface area contributed by atoms with E-state index in [0.717, 1.165) is 12.8 Å². The largest absolute Gasteiger partial charge is 0.508 e. The molecule has 0 aromatic heterocycles. The Morgan fingerprint density at radius 3 is 2.41 bits per heavy atom. The highest BCUT2D eigenvalue weighted by Gasteiger charge is 2.42. The van der Waals surface area contributed by atoms with Crippen LogP contribution in [0.3, 0.4) is 0 Å². The van der Waals surface area contributed by atoms with Crippen LogP contribution >= 0.6 is 0 Å². The quantitative estimate of drug-likeness (QED) is 0.728. The number of benzene rings is 1. The smallest absolute Gasteiger partial charge is 0.328 e. The summed E-state index contributed by atoms with van der Waals surface area (Å²) in [6, 6.07) is 6.69. The van der Waals surface area contributed by atoms with Gasteiger partial charge < -0.3 is 10.2 Å². The van der Waals surface area contributed by atoms with Crippen LogP contribution in [-0.2, 0) is 10.3 Å². The molecule has 1 fully saturated rings. The Morgan fingerprint density at radius 2 is 2.00 bits per heavy atom. The third-order valence-corrected chi connectivity index (χ3v) is 3.28. The number of nitrogens with one attached hydrogen (secondary N) is 1. The van der Waals surface area contributed by atoms with Crippen LogP contribution in [0.1, 0.15) is 31.7 Å². The number of phenols is 1. The van der Waals surface area contributed by atoms with E-state index in [9.17, 15) is 15.0 Å². The Labute approximate surface area is 100 Å². The van der Waals surface area contributed by atoms with Crippen molar-refractivity contribution in [3.8, 4) is 5.75 Å². The molecule has 1 aliphatic rings. The zero-order valence-corrected chi connectivity index (χ0v) is 9.81. The molecule has 0 aliphatic heterocycles. The number of carbonyl (C=O) groups is 1. The molecule has 1 aromatic carbocycles. The summed E-state index contributed by atoms with van der Waals surface area (Å²) in [6.07, 6.45) is 2.55. The maximum atomic E-state index is 11.6. The molecule has 0 bridgehead atoms. The molecule has 1 saturated carbocycles. The number of aromatic hydroxyl groups is 1. The number of hydrogen-bond donors (Lipinski definition) is 3. The van der Waals surface area contributed by atoms with E-state index in [-0.39, 0.29) is 5.75 Å². The SMILES string of the molecule is CCC(NC1CC1)(C(=O)O)c1ccc(O)cc1. The first kappa shape index (κ1) is 11.9. The van der Waals surface area contributed by atoms with Crippen LogP contribution < -0.4 is 5.32 Å². The van der Waals surface area contributed by atoms with E-state index in [4.69, 9.17) is 0 Å². The highest BCUT2D eigenvalue weighted by Crippen LogP contribution is 2.32. The average molecular weight is 235 g/mol. The highest BCUT2D eigenvalue weighted by atomic mass is 16.4. The van der Waals surface area contributed by atoms with Gasteiger partial charge >= 0.3 is 5.97 Å². The van der Waals surface area contributed by atoms with Gasteiger partial charge in [0.1, 0.15) is 11.3 Å². The van der Waals surface area contributed by atoms with Crippen molar-refractivity contribution in [2.45, 2.75) is 37.8 Å². The minimum absolute atomic E-state index is 0.149. The normalized spacial score (nSPS) is 18.6. The number of carboxylic acid groups (broad SMARTS) is 1. The fourth-order valence-electron chi connectivity index (χ4n) is 2.05. The third-order valence-electron chi connectivity index (χ3n) is 3.28. The summed E-state index contributed by atoms with van der Waals surface area (Å²) in [7, 11) is 0. The topological polar surface area (TPSA) is 69.6 Å². The molecule has 0 amide bonds. The van der Waals surface area contributed by atoms with Gasteiger partial charge in [-0.2, -0.15) is 0 Å². The predicted octanol–water partition coefficient (Wildman–Crippen LogP) is 1.83. The van der Waals surface area contributed by atoms with Crippen LogP contribution in [-0.4, -0.2) is 22.2 Å². The molecule has 17 heavy (non-hydrogen) atoms. The molecule has 1 atom stereocenters. The summed E-state index contributed by atoms with van der Waals surface area (Å²) in [5, 5.41) is 22.0. The van der Waals surface area contributed by atoms with Crippen molar-refractivity contribution in [3.63, 3.8) is 0 Å². The first-order valence-corrected chi connectivity index (χ1v) is 5.89. The fraction of sp³-hybridized carbons (Fsp3) is 0.462. The standard InChI is InChI=1S/C13H17NO3/c1-2-13(12(16)17,14-10-5-6-10)9-3-7-11(15)8-4-9/h3-4,7-8,10,14-15H,2,5-6H2,1H3,(H,16,17). The Balaban J connectivity index is 2.36. The molecule has 1 aliphatic carbocycles. The maximum absolute atomic E-state index is 11.6. The molecular weight excluding hydrogens is 218 g/mol. The van der Waals surface area contributed by atoms with Crippen LogP contribution in [0.2, 0.25) is 0 Å². The van der Waals surface area contributed by atoms with Crippen LogP contribution in [0.15, 0.2) is 24.3 Å². The molecule has 3 N–H and O–H groups in total. The van der Waals surface area contributed by atoms with E-state index in [2.05, 4.69) is 5.32 Å². The van der Waals surface area contributed by atoms with Crippen molar-refractivity contribution in [2.24, 2.45) is 0 Å². The lowest BCUT2D eigenvalue weighted by molar-refractivity contribution is -0.145. The molecular formula is C13H17NO3. The second kappa shape index (κ2) is 4.37. The fourth-order valence-corrected chi connectivity index (χ4v) is 2.05. The average Bonchev–Trinajstić information content (AvgIpc) is 3.10. The van der Waals surface area contributed by atoms with Crippen molar-refractivity contribution in [1.82, 2.24) is 5.32 Å². The molecule has 0 saturated heterocycles. The van der Waals surface area contributed by atoms with Crippen LogP contribution in [0.5, 0.6) is 5.75 Å². The molecule has 1 unspecified atom stereocenters. The first-order valence-electron chi connectivity index (χ1n) is 5.89. The summed E-state index contributed by atoms with van der Waals surface area (Å²) >= 11 is 0. The molecule has 0 spiro atoms. The first-order chi connectivity index (χ1) is 8.08. The Morgan fingerprint density at radius 1 is 1.41 bits per heavy atom. The van der Waals surface area contributed by atoms with Crippen molar-refractivity contribution < 1.29 is 15.0 Å². The molecule has 4 nitrogen and oxygen atoms in total. The van der Waals surface area contributed by atoms with Gasteiger partial charge in [-0.1, -0.05) is 19.1 Å². The van der Waals surface area contributed by atoms with Crippen molar-refractivity contribution in [3.05, 3.63) is 29.8 Å². The Hall–Kier alpha value is -1.55. The Bertz CT molecular complexity index is 411. The second-order valence-corrected chi connectivity index (χ2v) is 4.53. The van der Waals surface area contributed by atoms with Gasteiger partial charge in [0.25, 0.3) is 0 Å². The summed E-state index contributed by atoms with van der Waals surface area (Å²) in [5.74, 6) is -0.715. The van der Waals surface area contributed by atoms with Gasteiger partial charge in [-0.05, 0) is 37.0 Å². The second-order valence-electron chi connectivity index (χ2n) is 4.53. The molecule has 4 heteroatoms. The van der Waals surface area contributed by atoms with Crippen LogP contribution in [0.25, 0.3) is 0 Å². The van der Waals surface area contributed by atoms with E-state index in [1.54, 1.807) is 12.1 Å². The van der Waals surface area contributed by atoms with Gasteiger partial charge in [0.15, 0.2) is 0 Å². The molecule has 0 radical (unpaired) electrons. The number of rotatable bonds is 5. The van der Waals surface area contributed by atoms with Gasteiger partial charge in [0.05, 0.1) is 0 Å². The van der Waals surface area contributed by atoms with E-state index >= 15 is 0 Å². The number of phenolic OH excluding ortho intramolecular Hbond substituents is 1. The van der Waals surface area contributed by atoms with Crippen molar-refractivity contribution in [2.75, 3.05) is 0 Å². The lowest BCUT2D eigenvalue weighted by Gasteiger charge is -2.30. The van der Waals surface area contributed by atoms with Crippen LogP contribution in [0, 0.1) is 0 Å². The number of hydrogen-bond acceptors (Lipinski definition) is 3. The summed E-state index contributed by atoms with van der Waals surface area (Å²) in [4.78, 5) is 11.6. The van der Waals surface area contributed by atoms with Gasteiger partial charge in [0.2, 0.25) is 0 Å². The summed E-state index contributed by atoms with van der Waals surface area (Å²) in [6.45, 7) is 1.86. The third kappa shape index (κ3) is 2.26. The van der Waals surface area contributed by atoms with Gasteiger partial charge in [-0.15, -0.1) is 0 Å². The Kier molecular flexibility index (Phi) is 3.07. The molecule has 0 heterocycles. The number of aliphatic carboxylic acids is 1. The highest BCUT2D eigenvalue weighted by molar-refractivity contribution is 5.81. The van der Waals surface area contributed by atoms with Crippen molar-refractivity contribution >= 4 is 5.97 Å². The zero-order valence-electron chi connectivity index (χ0n) is 9.81. The molecule has 1 aromatic rings. The molecule has 92 valence electrons. The van der Waals surface area contributed by atoms with Crippen LogP contribution in [0.4, 0.5) is 0 Å². The minimum atomic E-state index is -1.03. The van der Waals surface area contributed by atoms with E-state index < -0.39 is 11.5 Å². The van der Waals surface area contributed by atoms with E-state index in [1.165, 1.54) is 12.1 Å². The zero-order chi connectivity index (χ0) is 12.5. The van der Waals surface area contributed by atoms with E-state index in [0.29, 0.717) is 18.0 Å². The van der Waals surface area contributed by atoms with Gasteiger partial charge in [0, 0.05) is 6.04 Å². The summed E-state index contributed by atoms with van der Waals surface area (Å²) in [5.41, 5.74) is -0.341. The lowest BCUT2D eigenvalue weighted by Crippen LogP contribution is -2.49. The molecule has 2 rings (SSSR count). The monoisotopic (exact) mass is 235 g/mol. The minimum Gasteiger partial charge on any atom is -0.508 e. The maximum Gasteiger partial charge on any atom is 0.328 e. The predicted molar refractivity (Wildman–Crippen MR) is 63.9 cm³/mol. The number of carboxylic acids is 1.